The molecule has 0 fully saturated rings. The minimum absolute atomic E-state index is 0.384. The lowest BCUT2D eigenvalue weighted by molar-refractivity contribution is -0.132. The molecule has 0 N–H and O–H groups in total. The predicted molar refractivity (Wildman–Crippen MR) is 87.4 cm³/mol. The van der Waals surface area contributed by atoms with Crippen molar-refractivity contribution in [3.8, 4) is 0 Å². The van der Waals surface area contributed by atoms with Gasteiger partial charge in [0.05, 0.1) is 5.76 Å². The molecular weight excluding hydrogens is 280 g/mol. The quantitative estimate of drug-likeness (QED) is 0.388. The fourth-order valence-corrected chi connectivity index (χ4v) is 2.62. The van der Waals surface area contributed by atoms with Gasteiger partial charge in [-0.3, -0.25) is 4.79 Å². The molecule has 0 amide bonds. The average molecular weight is 303 g/mol. The molecule has 0 aromatic heterocycles. The summed E-state index contributed by atoms with van der Waals surface area (Å²) in [5.41, 5.74) is 0.933. The van der Waals surface area contributed by atoms with Crippen molar-refractivity contribution in [3.05, 3.63) is 67.0 Å². The van der Waals surface area contributed by atoms with E-state index in [2.05, 4.69) is 19.6 Å². The van der Waals surface area contributed by atoms with E-state index in [0.717, 1.165) is 11.3 Å². The highest BCUT2D eigenvalue weighted by molar-refractivity contribution is 6.70. The minimum atomic E-state index is -1.62. The maximum atomic E-state index is 10.6. The third kappa shape index (κ3) is 7.13. The zero-order valence-corrected chi connectivity index (χ0v) is 14.1. The van der Waals surface area contributed by atoms with Crippen molar-refractivity contribution in [2.24, 2.45) is 0 Å². The van der Waals surface area contributed by atoms with Crippen LogP contribution in [0.25, 0.3) is 0 Å². The van der Waals surface area contributed by atoms with Gasteiger partial charge in [-0.1, -0.05) is 36.4 Å². The Labute approximate surface area is 129 Å². The van der Waals surface area contributed by atoms with E-state index in [1.165, 1.54) is 0 Å². The largest absolute Gasteiger partial charge is 0.547 e. The molecule has 0 aliphatic carbocycles. The summed E-state index contributed by atoms with van der Waals surface area (Å²) in [6.07, 6.45) is 7.13. The molecule has 0 aliphatic rings. The smallest absolute Gasteiger partial charge is 0.293 e. The second-order valence-electron chi connectivity index (χ2n) is 5.52. The van der Waals surface area contributed by atoms with Gasteiger partial charge >= 0.3 is 0 Å². The van der Waals surface area contributed by atoms with Gasteiger partial charge in [0, 0.05) is 12.8 Å². The van der Waals surface area contributed by atoms with Crippen LogP contribution in [0.15, 0.2) is 42.2 Å². The molecule has 3 radical (unpaired) electrons. The SMILES string of the molecule is C/C=C(\[CH][CH][CH]C(OC=O)c1ccccc1)O[Si](C)(C)C. The molecular formula is C17H23O3Si. The Morgan fingerprint density at radius 3 is 2.38 bits per heavy atom. The molecule has 113 valence electrons. The van der Waals surface area contributed by atoms with Gasteiger partial charge in [0.2, 0.25) is 8.32 Å². The number of hydrogen-bond acceptors (Lipinski definition) is 3. The standard InChI is InChI=1S/C17H23O3Si/c1-5-16(20-21(2,3)4)12-9-13-17(19-14-18)15-10-7-6-8-11-15/h5-14,17H,1-4H3/b16-5+. The number of benzene rings is 1. The van der Waals surface area contributed by atoms with Crippen molar-refractivity contribution in [1.29, 1.82) is 0 Å². The average Bonchev–Trinajstić information content (AvgIpc) is 2.45. The Morgan fingerprint density at radius 1 is 1.19 bits per heavy atom. The van der Waals surface area contributed by atoms with E-state index in [9.17, 15) is 4.79 Å². The zero-order valence-electron chi connectivity index (χ0n) is 13.1. The first-order chi connectivity index (χ1) is 9.96. The van der Waals surface area contributed by atoms with Gasteiger partial charge in [0.1, 0.15) is 6.10 Å². The fourth-order valence-electron chi connectivity index (χ4n) is 1.73. The van der Waals surface area contributed by atoms with Gasteiger partial charge in [0.25, 0.3) is 6.47 Å². The van der Waals surface area contributed by atoms with Crippen LogP contribution in [0.1, 0.15) is 18.6 Å². The normalized spacial score (nSPS) is 13.6. The third-order valence-electron chi connectivity index (χ3n) is 2.59. The van der Waals surface area contributed by atoms with Crippen LogP contribution in [-0.4, -0.2) is 14.8 Å². The van der Waals surface area contributed by atoms with E-state index in [-0.39, 0.29) is 6.10 Å². The van der Waals surface area contributed by atoms with Crippen molar-refractivity contribution in [2.45, 2.75) is 32.7 Å². The molecule has 0 saturated heterocycles. The van der Waals surface area contributed by atoms with Crippen molar-refractivity contribution in [3.63, 3.8) is 0 Å². The Balaban J connectivity index is 2.53. The second kappa shape index (κ2) is 8.67. The highest BCUT2D eigenvalue weighted by Crippen LogP contribution is 2.23. The van der Waals surface area contributed by atoms with Crippen molar-refractivity contribution < 1.29 is 14.0 Å². The summed E-state index contributed by atoms with van der Waals surface area (Å²) in [6.45, 7) is 8.82. The van der Waals surface area contributed by atoms with Crippen LogP contribution in [0.2, 0.25) is 19.6 Å². The number of carbonyl (C=O) groups excluding carboxylic acids is 1. The molecule has 21 heavy (non-hydrogen) atoms. The van der Waals surface area contributed by atoms with E-state index < -0.39 is 8.32 Å². The molecule has 1 rings (SSSR count). The number of ether oxygens (including phenoxy) is 1. The summed E-state index contributed by atoms with van der Waals surface area (Å²) in [6, 6.07) is 9.61. The number of allylic oxidation sites excluding steroid dienone is 2. The van der Waals surface area contributed by atoms with Crippen LogP contribution in [0.5, 0.6) is 0 Å². The van der Waals surface area contributed by atoms with E-state index in [4.69, 9.17) is 9.16 Å². The Hall–Kier alpha value is -1.55. The van der Waals surface area contributed by atoms with Gasteiger partial charge in [0.15, 0.2) is 0 Å². The first-order valence-electron chi connectivity index (χ1n) is 6.97. The molecule has 1 aromatic rings. The van der Waals surface area contributed by atoms with Crippen LogP contribution in [0.4, 0.5) is 0 Å². The molecule has 1 aromatic carbocycles. The predicted octanol–water partition coefficient (Wildman–Crippen LogP) is 4.27. The number of rotatable bonds is 9. The maximum Gasteiger partial charge on any atom is 0.293 e. The van der Waals surface area contributed by atoms with E-state index >= 15 is 0 Å². The monoisotopic (exact) mass is 303 g/mol. The molecule has 0 bridgehead atoms. The molecule has 0 aliphatic heterocycles. The van der Waals surface area contributed by atoms with Crippen LogP contribution in [0.3, 0.4) is 0 Å². The molecule has 1 unspecified atom stereocenters. The summed E-state index contributed by atoms with van der Waals surface area (Å²) >= 11 is 0. The summed E-state index contributed by atoms with van der Waals surface area (Å²) in [7, 11) is -1.62. The third-order valence-corrected chi connectivity index (χ3v) is 3.43. The van der Waals surface area contributed by atoms with Crippen LogP contribution in [-0.2, 0) is 14.0 Å². The van der Waals surface area contributed by atoms with Gasteiger partial charge < -0.3 is 9.16 Å². The number of carbonyl (C=O) groups is 1. The first kappa shape index (κ1) is 17.5. The van der Waals surface area contributed by atoms with Gasteiger partial charge in [-0.2, -0.15) is 0 Å². The van der Waals surface area contributed by atoms with Gasteiger partial charge in [-0.05, 0) is 38.5 Å². The lowest BCUT2D eigenvalue weighted by atomic mass is 10.0. The summed E-state index contributed by atoms with van der Waals surface area (Å²) in [5, 5.41) is 0. The maximum absolute atomic E-state index is 10.6. The fraction of sp³-hybridized carbons (Fsp3) is 0.294. The van der Waals surface area contributed by atoms with Crippen LogP contribution >= 0.6 is 0 Å². The molecule has 3 nitrogen and oxygen atoms in total. The Morgan fingerprint density at radius 2 is 1.86 bits per heavy atom. The Kier molecular flexibility index (Phi) is 7.23. The van der Waals surface area contributed by atoms with E-state index in [0.29, 0.717) is 6.47 Å². The van der Waals surface area contributed by atoms with Crippen molar-refractivity contribution >= 4 is 14.8 Å². The highest BCUT2D eigenvalue weighted by Gasteiger charge is 2.18. The topological polar surface area (TPSA) is 35.5 Å². The Bertz CT molecular complexity index is 449. The van der Waals surface area contributed by atoms with E-state index in [1.807, 2.05) is 62.6 Å². The summed E-state index contributed by atoms with van der Waals surface area (Å²) in [4.78, 5) is 10.6. The summed E-state index contributed by atoms with van der Waals surface area (Å²) in [5.74, 6) is 0.836. The molecule has 0 spiro atoms. The molecule has 0 heterocycles. The molecule has 4 heteroatoms. The van der Waals surface area contributed by atoms with E-state index in [1.54, 1.807) is 0 Å². The first-order valence-corrected chi connectivity index (χ1v) is 10.4. The highest BCUT2D eigenvalue weighted by atomic mass is 28.4. The number of hydrogen-bond donors (Lipinski definition) is 0. The summed E-state index contributed by atoms with van der Waals surface area (Å²) < 4.78 is 11.0. The van der Waals surface area contributed by atoms with Crippen molar-refractivity contribution in [1.82, 2.24) is 0 Å². The van der Waals surface area contributed by atoms with Crippen LogP contribution < -0.4 is 0 Å². The minimum Gasteiger partial charge on any atom is -0.547 e. The molecule has 1 atom stereocenters. The van der Waals surface area contributed by atoms with Gasteiger partial charge in [-0.25, -0.2) is 0 Å². The second-order valence-corrected chi connectivity index (χ2v) is 9.95. The van der Waals surface area contributed by atoms with Gasteiger partial charge in [-0.15, -0.1) is 0 Å². The van der Waals surface area contributed by atoms with Crippen molar-refractivity contribution in [2.75, 3.05) is 0 Å². The zero-order chi connectivity index (χ0) is 15.7. The van der Waals surface area contributed by atoms with Crippen LogP contribution in [0, 0.1) is 19.3 Å². The lowest BCUT2D eigenvalue weighted by Gasteiger charge is -2.22. The lowest BCUT2D eigenvalue weighted by Crippen LogP contribution is -2.25. The molecule has 0 saturated carbocycles.